The maximum atomic E-state index is 12.7. The zero-order chi connectivity index (χ0) is 20.2. The van der Waals surface area contributed by atoms with E-state index in [0.717, 1.165) is 32.5 Å². The summed E-state index contributed by atoms with van der Waals surface area (Å²) in [5.74, 6) is 1.07. The van der Waals surface area contributed by atoms with E-state index in [9.17, 15) is 4.79 Å². The highest BCUT2D eigenvalue weighted by Gasteiger charge is 2.24. The average Bonchev–Trinajstić information content (AvgIpc) is 3.37. The number of anilines is 1. The minimum absolute atomic E-state index is 0.196. The first-order chi connectivity index (χ1) is 14.1. The molecule has 0 saturated carbocycles. The molecule has 152 valence electrons. The van der Waals surface area contributed by atoms with Crippen molar-refractivity contribution in [3.05, 3.63) is 60.0 Å². The number of hydrogen-bond acceptors (Lipinski definition) is 5. The Morgan fingerprint density at radius 2 is 2.00 bits per heavy atom. The van der Waals surface area contributed by atoms with Crippen LogP contribution < -0.4 is 10.1 Å². The second-order valence-electron chi connectivity index (χ2n) is 7.35. The molecule has 3 heterocycles. The predicted molar refractivity (Wildman–Crippen MR) is 110 cm³/mol. The number of amides is 1. The number of aryl methyl sites for hydroxylation is 1. The number of methoxy groups -OCH3 is 1. The van der Waals surface area contributed by atoms with E-state index in [1.165, 1.54) is 5.56 Å². The number of carbonyl (C=O) groups is 1. The van der Waals surface area contributed by atoms with Crippen molar-refractivity contribution < 1.29 is 9.53 Å². The number of piperidine rings is 1. The van der Waals surface area contributed by atoms with Crippen LogP contribution in [0.25, 0.3) is 0 Å². The van der Waals surface area contributed by atoms with Gasteiger partial charge in [-0.15, -0.1) is 0 Å². The summed E-state index contributed by atoms with van der Waals surface area (Å²) < 4.78 is 9.07. The van der Waals surface area contributed by atoms with Crippen molar-refractivity contribution in [1.29, 1.82) is 0 Å². The third kappa shape index (κ3) is 4.32. The number of nitrogens with one attached hydrogen (secondary N) is 1. The van der Waals surface area contributed by atoms with Gasteiger partial charge in [0.15, 0.2) is 0 Å². The van der Waals surface area contributed by atoms with Gasteiger partial charge in [-0.2, -0.15) is 10.2 Å². The van der Waals surface area contributed by atoms with E-state index in [-0.39, 0.29) is 11.9 Å². The number of likely N-dealkylation sites (tertiary alicyclic amines) is 1. The SMILES string of the molecule is COc1ccccc1C(=O)Nc1ccnn1C1CCN(Cc2cnn(C)c2)CC1. The van der Waals surface area contributed by atoms with Crippen LogP contribution in [0, 0.1) is 0 Å². The molecule has 0 aliphatic carbocycles. The normalized spacial score (nSPS) is 15.4. The van der Waals surface area contributed by atoms with Gasteiger partial charge in [-0.05, 0) is 25.0 Å². The van der Waals surface area contributed by atoms with Crippen LogP contribution in [0.3, 0.4) is 0 Å². The van der Waals surface area contributed by atoms with Crippen LogP contribution in [0.4, 0.5) is 5.82 Å². The summed E-state index contributed by atoms with van der Waals surface area (Å²) in [5.41, 5.74) is 1.74. The number of carbonyl (C=O) groups excluding carboxylic acids is 1. The molecule has 1 amide bonds. The molecule has 3 aromatic rings. The van der Waals surface area contributed by atoms with Crippen LogP contribution >= 0.6 is 0 Å². The molecule has 1 aliphatic rings. The minimum atomic E-state index is -0.196. The van der Waals surface area contributed by atoms with Crippen LogP contribution in [-0.4, -0.2) is 50.6 Å². The summed E-state index contributed by atoms with van der Waals surface area (Å²) in [6.45, 7) is 2.88. The van der Waals surface area contributed by atoms with Gasteiger partial charge in [-0.3, -0.25) is 14.4 Å². The molecule has 0 radical (unpaired) electrons. The Labute approximate surface area is 170 Å². The lowest BCUT2D eigenvalue weighted by Crippen LogP contribution is -2.34. The summed E-state index contributed by atoms with van der Waals surface area (Å²) in [6, 6.07) is 9.32. The first kappa shape index (κ1) is 19.2. The zero-order valence-corrected chi connectivity index (χ0v) is 16.8. The van der Waals surface area contributed by atoms with Crippen molar-refractivity contribution in [2.24, 2.45) is 7.05 Å². The highest BCUT2D eigenvalue weighted by Crippen LogP contribution is 2.27. The summed E-state index contributed by atoms with van der Waals surface area (Å²) in [6.07, 6.45) is 7.69. The average molecular weight is 394 g/mol. The van der Waals surface area contributed by atoms with Crippen molar-refractivity contribution in [1.82, 2.24) is 24.5 Å². The van der Waals surface area contributed by atoms with Crippen molar-refractivity contribution in [2.75, 3.05) is 25.5 Å². The fraction of sp³-hybridized carbons (Fsp3) is 0.381. The topological polar surface area (TPSA) is 77.2 Å². The molecule has 8 heteroatoms. The molecule has 1 aliphatic heterocycles. The Kier molecular flexibility index (Phi) is 5.62. The van der Waals surface area contributed by atoms with Crippen molar-refractivity contribution in [3.63, 3.8) is 0 Å². The molecule has 0 bridgehead atoms. The molecule has 4 rings (SSSR count). The van der Waals surface area contributed by atoms with Gasteiger partial charge in [-0.1, -0.05) is 12.1 Å². The second kappa shape index (κ2) is 8.48. The fourth-order valence-corrected chi connectivity index (χ4v) is 3.85. The standard InChI is InChI=1S/C21H26N6O2/c1-25-14-16(13-23-25)15-26-11-8-17(9-12-26)27-20(7-10-22-27)24-21(28)18-5-3-4-6-19(18)29-2/h3-7,10,13-14,17H,8-9,11-12,15H2,1-2H3,(H,24,28). The maximum absolute atomic E-state index is 12.7. The molecule has 8 nitrogen and oxygen atoms in total. The first-order valence-electron chi connectivity index (χ1n) is 9.82. The van der Waals surface area contributed by atoms with E-state index in [1.807, 2.05) is 40.8 Å². The van der Waals surface area contributed by atoms with E-state index < -0.39 is 0 Å². The van der Waals surface area contributed by atoms with Gasteiger partial charge >= 0.3 is 0 Å². The summed E-state index contributed by atoms with van der Waals surface area (Å²) in [7, 11) is 3.50. The monoisotopic (exact) mass is 394 g/mol. The smallest absolute Gasteiger partial charge is 0.260 e. The van der Waals surface area contributed by atoms with E-state index >= 15 is 0 Å². The summed E-state index contributed by atoms with van der Waals surface area (Å²) in [4.78, 5) is 15.2. The molecule has 0 spiro atoms. The summed E-state index contributed by atoms with van der Waals surface area (Å²) in [5, 5.41) is 11.7. The Morgan fingerprint density at radius 1 is 1.21 bits per heavy atom. The highest BCUT2D eigenvalue weighted by atomic mass is 16.5. The molecule has 29 heavy (non-hydrogen) atoms. The van der Waals surface area contributed by atoms with Crippen LogP contribution in [0.15, 0.2) is 48.9 Å². The number of para-hydroxylation sites is 1. The van der Waals surface area contributed by atoms with Gasteiger partial charge in [0.2, 0.25) is 0 Å². The third-order valence-electron chi connectivity index (χ3n) is 5.33. The molecule has 0 atom stereocenters. The molecule has 0 unspecified atom stereocenters. The fourth-order valence-electron chi connectivity index (χ4n) is 3.85. The lowest BCUT2D eigenvalue weighted by Gasteiger charge is -2.32. The van der Waals surface area contributed by atoms with Crippen LogP contribution in [0.2, 0.25) is 0 Å². The van der Waals surface area contributed by atoms with Gasteiger partial charge in [0, 0.05) is 44.5 Å². The van der Waals surface area contributed by atoms with Crippen molar-refractivity contribution in [3.8, 4) is 5.75 Å². The Hall–Kier alpha value is -3.13. The molecule has 2 aromatic heterocycles. The van der Waals surface area contributed by atoms with E-state index in [2.05, 4.69) is 26.6 Å². The number of rotatable bonds is 6. The molecule has 1 saturated heterocycles. The van der Waals surface area contributed by atoms with Crippen LogP contribution in [0.1, 0.15) is 34.8 Å². The number of aromatic nitrogens is 4. The zero-order valence-electron chi connectivity index (χ0n) is 16.8. The molecular formula is C21H26N6O2. The number of benzene rings is 1. The summed E-state index contributed by atoms with van der Waals surface area (Å²) >= 11 is 0. The lowest BCUT2D eigenvalue weighted by molar-refractivity contribution is 0.102. The van der Waals surface area contributed by atoms with Crippen LogP contribution in [0.5, 0.6) is 5.75 Å². The molecule has 1 fully saturated rings. The Morgan fingerprint density at radius 3 is 2.72 bits per heavy atom. The van der Waals surface area contributed by atoms with E-state index in [4.69, 9.17) is 4.74 Å². The number of nitrogens with zero attached hydrogens (tertiary/aromatic N) is 5. The van der Waals surface area contributed by atoms with Gasteiger partial charge in [-0.25, -0.2) is 4.68 Å². The number of hydrogen-bond donors (Lipinski definition) is 1. The molecular weight excluding hydrogens is 368 g/mol. The first-order valence-corrected chi connectivity index (χ1v) is 9.82. The van der Waals surface area contributed by atoms with Crippen molar-refractivity contribution >= 4 is 11.7 Å². The van der Waals surface area contributed by atoms with Gasteiger partial charge < -0.3 is 10.1 Å². The lowest BCUT2D eigenvalue weighted by atomic mass is 10.0. The van der Waals surface area contributed by atoms with Gasteiger partial charge in [0.25, 0.3) is 5.91 Å². The van der Waals surface area contributed by atoms with E-state index in [0.29, 0.717) is 17.1 Å². The van der Waals surface area contributed by atoms with Gasteiger partial charge in [0.05, 0.1) is 31.1 Å². The van der Waals surface area contributed by atoms with E-state index in [1.54, 1.807) is 25.4 Å². The van der Waals surface area contributed by atoms with Gasteiger partial charge in [0.1, 0.15) is 11.6 Å². The maximum Gasteiger partial charge on any atom is 0.260 e. The largest absolute Gasteiger partial charge is 0.496 e. The van der Waals surface area contributed by atoms with Crippen molar-refractivity contribution in [2.45, 2.75) is 25.4 Å². The second-order valence-corrected chi connectivity index (χ2v) is 7.35. The third-order valence-corrected chi connectivity index (χ3v) is 5.33. The van der Waals surface area contributed by atoms with Crippen LogP contribution in [-0.2, 0) is 13.6 Å². The number of ether oxygens (including phenoxy) is 1. The molecule has 1 aromatic carbocycles. The minimum Gasteiger partial charge on any atom is -0.496 e. The quantitative estimate of drug-likeness (QED) is 0.696. The Balaban J connectivity index is 1.39. The predicted octanol–water partition coefficient (Wildman–Crippen LogP) is 2.71. The Bertz CT molecular complexity index is 971. The highest BCUT2D eigenvalue weighted by molar-refractivity contribution is 6.05. The molecule has 1 N–H and O–H groups in total.